The van der Waals surface area contributed by atoms with E-state index >= 15 is 0 Å². The van der Waals surface area contributed by atoms with E-state index in [4.69, 9.17) is 9.47 Å². The molecule has 0 unspecified atom stereocenters. The number of hydrogen-bond donors (Lipinski definition) is 0. The van der Waals surface area contributed by atoms with Crippen LogP contribution < -0.4 is 4.90 Å². The molecule has 2 fully saturated rings. The molecule has 1 aromatic carbocycles. The fourth-order valence-electron chi connectivity index (χ4n) is 5.92. The van der Waals surface area contributed by atoms with Gasteiger partial charge in [0.15, 0.2) is 0 Å². The minimum Gasteiger partial charge on any atom is -0.379 e. The topological polar surface area (TPSA) is 85.6 Å². The maximum atomic E-state index is 13.9. The van der Waals surface area contributed by atoms with Crippen LogP contribution in [0, 0.1) is 0 Å². The highest BCUT2D eigenvalue weighted by molar-refractivity contribution is 6.09. The van der Waals surface area contributed by atoms with Crippen LogP contribution in [-0.2, 0) is 47.6 Å². The van der Waals surface area contributed by atoms with Crippen molar-refractivity contribution in [3.05, 3.63) is 70.4 Å². The third-order valence-corrected chi connectivity index (χ3v) is 7.92. The Balaban J connectivity index is 1.29. The summed E-state index contributed by atoms with van der Waals surface area (Å²) in [6.45, 7) is 6.54. The molecule has 0 aliphatic carbocycles. The van der Waals surface area contributed by atoms with Gasteiger partial charge in [-0.3, -0.25) is 14.6 Å². The summed E-state index contributed by atoms with van der Waals surface area (Å²) in [6, 6.07) is 8.37. The van der Waals surface area contributed by atoms with Crippen LogP contribution in [0.25, 0.3) is 0 Å². The quantitative estimate of drug-likeness (QED) is 0.460. The molecule has 3 aromatic rings. The van der Waals surface area contributed by atoms with Gasteiger partial charge >= 0.3 is 6.18 Å². The largest absolute Gasteiger partial charge is 0.433 e. The second-order valence-corrected chi connectivity index (χ2v) is 11.2. The van der Waals surface area contributed by atoms with Crippen LogP contribution in [0.2, 0.25) is 0 Å². The summed E-state index contributed by atoms with van der Waals surface area (Å²) in [5.74, 6) is 0.446. The Morgan fingerprint density at radius 3 is 2.48 bits per heavy atom. The molecule has 2 saturated heterocycles. The van der Waals surface area contributed by atoms with E-state index in [2.05, 4.69) is 20.1 Å². The van der Waals surface area contributed by atoms with E-state index in [1.165, 1.54) is 4.90 Å². The lowest BCUT2D eigenvalue weighted by molar-refractivity contribution is -0.141. The number of benzene rings is 1. The first-order valence-corrected chi connectivity index (χ1v) is 13.3. The Morgan fingerprint density at radius 2 is 1.85 bits per heavy atom. The van der Waals surface area contributed by atoms with E-state index in [-0.39, 0.29) is 35.9 Å². The summed E-state index contributed by atoms with van der Waals surface area (Å²) in [4.78, 5) is 20.9. The van der Waals surface area contributed by atoms with Crippen molar-refractivity contribution in [2.75, 3.05) is 31.2 Å². The molecule has 0 saturated carbocycles. The molecule has 12 heteroatoms. The molecule has 0 bridgehead atoms. The lowest BCUT2D eigenvalue weighted by Crippen LogP contribution is -2.49. The van der Waals surface area contributed by atoms with E-state index in [0.29, 0.717) is 50.4 Å². The lowest BCUT2D eigenvalue weighted by Gasteiger charge is -2.41. The smallest absolute Gasteiger partial charge is 0.379 e. The number of halogens is 3. The summed E-state index contributed by atoms with van der Waals surface area (Å²) in [5.41, 5.74) is 1.25. The number of hydrogen-bond acceptors (Lipinski definition) is 7. The highest BCUT2D eigenvalue weighted by atomic mass is 19.4. The van der Waals surface area contributed by atoms with Gasteiger partial charge in [0.1, 0.15) is 23.7 Å². The fraction of sp³-hybridized carbons (Fsp3) is 0.500. The van der Waals surface area contributed by atoms with Gasteiger partial charge in [-0.1, -0.05) is 12.1 Å². The van der Waals surface area contributed by atoms with Crippen molar-refractivity contribution in [3.63, 3.8) is 0 Å². The average molecular weight is 557 g/mol. The normalized spacial score (nSPS) is 22.9. The summed E-state index contributed by atoms with van der Waals surface area (Å²) in [7, 11) is 1.88. The molecule has 5 heterocycles. The number of pyridine rings is 1. The monoisotopic (exact) mass is 556 g/mol. The van der Waals surface area contributed by atoms with Crippen LogP contribution in [0.1, 0.15) is 52.4 Å². The average Bonchev–Trinajstić information content (AvgIpc) is 3.42. The van der Waals surface area contributed by atoms with Crippen LogP contribution in [0.5, 0.6) is 0 Å². The highest BCUT2D eigenvalue weighted by Gasteiger charge is 2.43. The van der Waals surface area contributed by atoms with Gasteiger partial charge in [0.25, 0.3) is 5.91 Å². The van der Waals surface area contributed by atoms with Gasteiger partial charge < -0.3 is 14.0 Å². The van der Waals surface area contributed by atoms with Gasteiger partial charge in [-0.25, -0.2) is 4.98 Å². The molecule has 0 spiro atoms. The first-order chi connectivity index (χ1) is 19.0. The minimum absolute atomic E-state index is 0.00251. The number of alkyl halides is 3. The standard InChI is InChI=1S/C28H31F3N6O3/c1-17-10-36(11-18(2)40-17)12-19-6-23(28(29,30)31)33-24(7-19)37-13-20-4-5-21(8-22(20)26(37)38)27(14-39-15-27)9-25-34-32-16-35(25)3/h4-8,16-18H,9-15H2,1-3H3/t17-,18+. The summed E-state index contributed by atoms with van der Waals surface area (Å²) >= 11 is 0. The Hall–Kier alpha value is -3.35. The predicted molar refractivity (Wildman–Crippen MR) is 139 cm³/mol. The van der Waals surface area contributed by atoms with E-state index < -0.39 is 11.9 Å². The molecule has 2 aromatic heterocycles. The van der Waals surface area contributed by atoms with Crippen molar-refractivity contribution in [2.24, 2.45) is 7.05 Å². The fourth-order valence-corrected chi connectivity index (χ4v) is 5.92. The number of anilines is 1. The molecule has 212 valence electrons. The Morgan fingerprint density at radius 1 is 1.10 bits per heavy atom. The van der Waals surface area contributed by atoms with Crippen molar-refractivity contribution in [2.45, 2.75) is 57.2 Å². The second kappa shape index (κ2) is 9.93. The van der Waals surface area contributed by atoms with Gasteiger partial charge in [0.05, 0.1) is 32.0 Å². The van der Waals surface area contributed by atoms with Gasteiger partial charge in [0, 0.05) is 44.1 Å². The number of carbonyl (C=O) groups is 1. The number of ether oxygens (including phenoxy) is 2. The molecule has 2 atom stereocenters. The molecule has 40 heavy (non-hydrogen) atoms. The van der Waals surface area contributed by atoms with Crippen LogP contribution in [-0.4, -0.2) is 69.1 Å². The Kier molecular flexibility index (Phi) is 6.67. The van der Waals surface area contributed by atoms with Crippen LogP contribution in [0.15, 0.2) is 36.7 Å². The number of morpholine rings is 1. The van der Waals surface area contributed by atoms with E-state index in [0.717, 1.165) is 23.0 Å². The van der Waals surface area contributed by atoms with Crippen molar-refractivity contribution < 1.29 is 27.4 Å². The van der Waals surface area contributed by atoms with Gasteiger partial charge in [-0.2, -0.15) is 13.2 Å². The number of rotatable bonds is 6. The Bertz CT molecular complexity index is 1430. The molecular formula is C28H31F3N6O3. The summed E-state index contributed by atoms with van der Waals surface area (Å²) < 4.78 is 54.9. The number of aryl methyl sites for hydroxylation is 1. The van der Waals surface area contributed by atoms with Gasteiger partial charge in [0.2, 0.25) is 0 Å². The maximum Gasteiger partial charge on any atom is 0.433 e. The molecule has 3 aliphatic heterocycles. The molecule has 6 rings (SSSR count). The first kappa shape index (κ1) is 26.9. The zero-order valence-electron chi connectivity index (χ0n) is 22.6. The van der Waals surface area contributed by atoms with Crippen molar-refractivity contribution in [1.29, 1.82) is 0 Å². The van der Waals surface area contributed by atoms with Crippen LogP contribution in [0.4, 0.5) is 19.0 Å². The maximum absolute atomic E-state index is 13.9. The lowest BCUT2D eigenvalue weighted by atomic mass is 9.75. The summed E-state index contributed by atoms with van der Waals surface area (Å²) in [6.07, 6.45) is -2.45. The molecule has 0 radical (unpaired) electrons. The second-order valence-electron chi connectivity index (χ2n) is 11.2. The van der Waals surface area contributed by atoms with E-state index in [1.807, 2.05) is 43.7 Å². The molecule has 3 aliphatic rings. The Labute approximate surface area is 229 Å². The van der Waals surface area contributed by atoms with E-state index in [1.54, 1.807) is 12.4 Å². The van der Waals surface area contributed by atoms with Crippen LogP contribution in [0.3, 0.4) is 0 Å². The highest BCUT2D eigenvalue weighted by Crippen LogP contribution is 2.39. The molecule has 1 amide bonds. The van der Waals surface area contributed by atoms with Crippen molar-refractivity contribution >= 4 is 11.7 Å². The summed E-state index contributed by atoms with van der Waals surface area (Å²) in [5, 5.41) is 8.17. The third-order valence-electron chi connectivity index (χ3n) is 7.92. The molecular weight excluding hydrogens is 525 g/mol. The molecule has 0 N–H and O–H groups in total. The van der Waals surface area contributed by atoms with E-state index in [9.17, 15) is 18.0 Å². The predicted octanol–water partition coefficient (Wildman–Crippen LogP) is 3.51. The van der Waals surface area contributed by atoms with Gasteiger partial charge in [-0.05, 0) is 48.7 Å². The number of nitrogens with zero attached hydrogens (tertiary/aromatic N) is 6. The number of amides is 1. The first-order valence-electron chi connectivity index (χ1n) is 13.3. The van der Waals surface area contributed by atoms with Gasteiger partial charge in [-0.15, -0.1) is 10.2 Å². The SMILES string of the molecule is C[C@@H]1CN(Cc2cc(N3Cc4ccc(C5(Cc6nncn6C)COC5)cc4C3=O)nc(C(F)(F)F)c2)C[C@H](C)O1. The third kappa shape index (κ3) is 4.99. The minimum atomic E-state index is -4.64. The van der Waals surface area contributed by atoms with Crippen molar-refractivity contribution in [1.82, 2.24) is 24.6 Å². The number of aromatic nitrogens is 4. The number of carbonyl (C=O) groups excluding carboxylic acids is 1. The number of fused-ring (bicyclic) bond motifs is 1. The zero-order chi connectivity index (χ0) is 28.2. The molecule has 9 nitrogen and oxygen atoms in total. The van der Waals surface area contributed by atoms with Crippen molar-refractivity contribution in [3.8, 4) is 0 Å². The van der Waals surface area contributed by atoms with Crippen LogP contribution >= 0.6 is 0 Å². The zero-order valence-corrected chi connectivity index (χ0v) is 22.6.